The van der Waals surface area contributed by atoms with Crippen molar-refractivity contribution in [2.45, 2.75) is 58.1 Å². The van der Waals surface area contributed by atoms with Crippen molar-refractivity contribution in [3.63, 3.8) is 0 Å². The van der Waals surface area contributed by atoms with Crippen molar-refractivity contribution in [1.29, 1.82) is 0 Å². The fourth-order valence-electron chi connectivity index (χ4n) is 2.94. The zero-order valence-electron chi connectivity index (χ0n) is 15.7. The van der Waals surface area contributed by atoms with E-state index in [9.17, 15) is 0 Å². The average molecular weight is 352 g/mol. The van der Waals surface area contributed by atoms with Crippen LogP contribution >= 0.6 is 0 Å². The van der Waals surface area contributed by atoms with E-state index in [0.717, 1.165) is 49.7 Å². The van der Waals surface area contributed by atoms with Crippen LogP contribution in [0.1, 0.15) is 56.9 Å². The maximum Gasteiger partial charge on any atom is 0.191 e. The lowest BCUT2D eigenvalue weighted by molar-refractivity contribution is 0.0191. The summed E-state index contributed by atoms with van der Waals surface area (Å²) in [5.41, 5.74) is 1.03. The zero-order chi connectivity index (χ0) is 17.9. The van der Waals surface area contributed by atoms with Crippen molar-refractivity contribution in [3.05, 3.63) is 17.5 Å². The van der Waals surface area contributed by atoms with Crippen LogP contribution in [0.25, 0.3) is 0 Å². The highest BCUT2D eigenvalue weighted by Gasteiger charge is 2.15. The van der Waals surface area contributed by atoms with Gasteiger partial charge >= 0.3 is 0 Å². The Morgan fingerprint density at radius 2 is 2.24 bits per heavy atom. The SMILES string of the molecule is CCC(CC)c1cc(CNC(=NC)NCCOCC2CCCO2)on1. The fraction of sp³-hybridized carbons (Fsp3) is 0.778. The van der Waals surface area contributed by atoms with Gasteiger partial charge in [0.25, 0.3) is 0 Å². The molecule has 1 aromatic heterocycles. The third-order valence-corrected chi connectivity index (χ3v) is 4.50. The van der Waals surface area contributed by atoms with Crippen molar-refractivity contribution in [1.82, 2.24) is 15.8 Å². The summed E-state index contributed by atoms with van der Waals surface area (Å²) in [6.45, 7) is 7.77. The van der Waals surface area contributed by atoms with Gasteiger partial charge in [0.2, 0.25) is 0 Å². The number of rotatable bonds is 10. The van der Waals surface area contributed by atoms with Crippen LogP contribution in [-0.2, 0) is 16.0 Å². The highest BCUT2D eigenvalue weighted by Crippen LogP contribution is 2.22. The van der Waals surface area contributed by atoms with Crippen LogP contribution in [-0.4, -0.2) is 50.6 Å². The van der Waals surface area contributed by atoms with E-state index in [-0.39, 0.29) is 6.10 Å². The molecule has 2 heterocycles. The van der Waals surface area contributed by atoms with E-state index in [2.05, 4.69) is 34.6 Å². The van der Waals surface area contributed by atoms with Crippen molar-refractivity contribution >= 4 is 5.96 Å². The van der Waals surface area contributed by atoms with E-state index in [1.165, 1.54) is 0 Å². The zero-order valence-corrected chi connectivity index (χ0v) is 15.7. The van der Waals surface area contributed by atoms with Crippen molar-refractivity contribution in [2.75, 3.05) is 33.4 Å². The molecule has 1 unspecified atom stereocenters. The van der Waals surface area contributed by atoms with Crippen LogP contribution in [0.3, 0.4) is 0 Å². The Bertz CT molecular complexity index is 508. The molecule has 1 atom stereocenters. The third-order valence-electron chi connectivity index (χ3n) is 4.50. The lowest BCUT2D eigenvalue weighted by atomic mass is 9.99. The molecule has 0 spiro atoms. The average Bonchev–Trinajstić information content (AvgIpc) is 3.30. The van der Waals surface area contributed by atoms with Gasteiger partial charge in [-0.2, -0.15) is 0 Å². The number of aliphatic imine (C=N–C) groups is 1. The lowest BCUT2D eigenvalue weighted by Gasteiger charge is -2.12. The second-order valence-corrected chi connectivity index (χ2v) is 6.29. The molecule has 25 heavy (non-hydrogen) atoms. The molecule has 1 fully saturated rings. The fourth-order valence-corrected chi connectivity index (χ4v) is 2.94. The Morgan fingerprint density at radius 3 is 2.92 bits per heavy atom. The van der Waals surface area contributed by atoms with Gasteiger partial charge in [-0.25, -0.2) is 0 Å². The summed E-state index contributed by atoms with van der Waals surface area (Å²) in [6, 6.07) is 2.03. The molecule has 0 amide bonds. The van der Waals surface area contributed by atoms with Crippen LogP contribution in [0.15, 0.2) is 15.6 Å². The topological polar surface area (TPSA) is 80.9 Å². The number of hydrogen-bond donors (Lipinski definition) is 2. The minimum atomic E-state index is 0.271. The molecule has 2 N–H and O–H groups in total. The Labute approximate surface area is 150 Å². The lowest BCUT2D eigenvalue weighted by Crippen LogP contribution is -2.38. The van der Waals surface area contributed by atoms with Gasteiger partial charge in [-0.15, -0.1) is 0 Å². The van der Waals surface area contributed by atoms with Gasteiger partial charge in [0.15, 0.2) is 11.7 Å². The highest BCUT2D eigenvalue weighted by molar-refractivity contribution is 5.79. The van der Waals surface area contributed by atoms with Crippen molar-refractivity contribution in [2.24, 2.45) is 4.99 Å². The van der Waals surface area contributed by atoms with Gasteiger partial charge in [0.05, 0.1) is 31.6 Å². The minimum absolute atomic E-state index is 0.271. The van der Waals surface area contributed by atoms with Crippen molar-refractivity contribution < 1.29 is 14.0 Å². The van der Waals surface area contributed by atoms with Crippen LogP contribution in [0.4, 0.5) is 0 Å². The second kappa shape index (κ2) is 11.1. The normalized spacial score (nSPS) is 18.1. The first-order valence-electron chi connectivity index (χ1n) is 9.36. The molecule has 7 nitrogen and oxygen atoms in total. The molecular formula is C18H32N4O3. The predicted molar refractivity (Wildman–Crippen MR) is 97.8 cm³/mol. The first-order chi connectivity index (χ1) is 12.3. The smallest absolute Gasteiger partial charge is 0.191 e. The van der Waals surface area contributed by atoms with Gasteiger partial charge in [-0.1, -0.05) is 19.0 Å². The standard InChI is InChI=1S/C18H32N4O3/c1-4-14(5-2)17-11-16(25-22-17)12-21-18(19-3)20-8-10-23-13-15-7-6-9-24-15/h11,14-15H,4-10,12-13H2,1-3H3,(H2,19,20,21). The molecule has 0 saturated carbocycles. The van der Waals surface area contributed by atoms with Gasteiger partial charge in [-0.05, 0) is 25.7 Å². The van der Waals surface area contributed by atoms with E-state index in [0.29, 0.717) is 32.2 Å². The molecule has 1 aliphatic heterocycles. The third kappa shape index (κ3) is 6.66. The molecule has 0 bridgehead atoms. The summed E-state index contributed by atoms with van der Waals surface area (Å²) in [5, 5.41) is 10.6. The molecule has 0 aromatic carbocycles. The van der Waals surface area contributed by atoms with Crippen LogP contribution < -0.4 is 10.6 Å². The summed E-state index contributed by atoms with van der Waals surface area (Å²) in [5.74, 6) is 2.01. The molecule has 142 valence electrons. The molecule has 7 heteroatoms. The number of hydrogen-bond acceptors (Lipinski definition) is 5. The summed E-state index contributed by atoms with van der Waals surface area (Å²) in [4.78, 5) is 4.20. The number of guanidine groups is 1. The number of ether oxygens (including phenoxy) is 2. The molecule has 2 rings (SSSR count). The molecule has 0 aliphatic carbocycles. The van der Waals surface area contributed by atoms with E-state index < -0.39 is 0 Å². The Morgan fingerprint density at radius 1 is 1.40 bits per heavy atom. The highest BCUT2D eigenvalue weighted by atomic mass is 16.5. The summed E-state index contributed by atoms with van der Waals surface area (Å²) in [7, 11) is 1.75. The Hall–Kier alpha value is -1.60. The first kappa shape index (κ1) is 19.7. The van der Waals surface area contributed by atoms with Gasteiger partial charge < -0.3 is 24.6 Å². The van der Waals surface area contributed by atoms with E-state index in [4.69, 9.17) is 14.0 Å². The molecule has 0 radical (unpaired) electrons. The minimum Gasteiger partial charge on any atom is -0.377 e. The van der Waals surface area contributed by atoms with Crippen LogP contribution in [0.5, 0.6) is 0 Å². The first-order valence-corrected chi connectivity index (χ1v) is 9.36. The Balaban J connectivity index is 1.62. The molecular weight excluding hydrogens is 320 g/mol. The molecule has 1 saturated heterocycles. The maximum atomic E-state index is 5.63. The van der Waals surface area contributed by atoms with Gasteiger partial charge in [-0.3, -0.25) is 4.99 Å². The van der Waals surface area contributed by atoms with Gasteiger partial charge in [0, 0.05) is 32.2 Å². The quantitative estimate of drug-likeness (QED) is 0.382. The monoisotopic (exact) mass is 352 g/mol. The maximum absolute atomic E-state index is 5.63. The number of aromatic nitrogens is 1. The summed E-state index contributed by atoms with van der Waals surface area (Å²) in [6.07, 6.45) is 4.67. The molecule has 1 aliphatic rings. The van der Waals surface area contributed by atoms with Crippen LogP contribution in [0, 0.1) is 0 Å². The van der Waals surface area contributed by atoms with Crippen molar-refractivity contribution in [3.8, 4) is 0 Å². The number of nitrogens with zero attached hydrogens (tertiary/aromatic N) is 2. The predicted octanol–water partition coefficient (Wildman–Crippen LogP) is 2.44. The van der Waals surface area contributed by atoms with E-state index in [1.54, 1.807) is 7.05 Å². The Kier molecular flexibility index (Phi) is 8.76. The van der Waals surface area contributed by atoms with Crippen LogP contribution in [0.2, 0.25) is 0 Å². The summed E-state index contributed by atoms with van der Waals surface area (Å²) < 4.78 is 16.6. The molecule has 1 aromatic rings. The largest absolute Gasteiger partial charge is 0.377 e. The van der Waals surface area contributed by atoms with E-state index in [1.807, 2.05) is 6.07 Å². The van der Waals surface area contributed by atoms with E-state index >= 15 is 0 Å². The number of nitrogens with one attached hydrogen (secondary N) is 2. The van der Waals surface area contributed by atoms with Gasteiger partial charge in [0.1, 0.15) is 0 Å². The second-order valence-electron chi connectivity index (χ2n) is 6.29. The summed E-state index contributed by atoms with van der Waals surface area (Å²) >= 11 is 0.